The van der Waals surface area contributed by atoms with Gasteiger partial charge in [0.1, 0.15) is 6.04 Å². The molecule has 1 unspecified atom stereocenters. The van der Waals surface area contributed by atoms with Gasteiger partial charge in [-0.05, 0) is 55.3 Å². The third-order valence-corrected chi connectivity index (χ3v) is 6.47. The van der Waals surface area contributed by atoms with Crippen LogP contribution in [0.2, 0.25) is 5.02 Å². The van der Waals surface area contributed by atoms with Gasteiger partial charge in [0.05, 0.1) is 18.4 Å². The van der Waals surface area contributed by atoms with Gasteiger partial charge in [-0.2, -0.15) is 0 Å². The second-order valence-corrected chi connectivity index (χ2v) is 8.72. The van der Waals surface area contributed by atoms with E-state index in [0.717, 1.165) is 11.1 Å². The lowest BCUT2D eigenvalue weighted by molar-refractivity contribution is -0.117. The molecule has 0 saturated carbocycles. The summed E-state index contributed by atoms with van der Waals surface area (Å²) in [5.41, 5.74) is 3.06. The Labute approximate surface area is 206 Å². The Balaban J connectivity index is 1.68. The van der Waals surface area contributed by atoms with Crippen LogP contribution in [0.25, 0.3) is 11.0 Å². The molecule has 0 fully saturated rings. The van der Waals surface area contributed by atoms with Crippen molar-refractivity contribution in [2.24, 2.45) is 0 Å². The molecule has 1 aliphatic heterocycles. The molecular weight excluding hydrogens is 468 g/mol. The number of benzene rings is 2. The number of pyridine rings is 1. The van der Waals surface area contributed by atoms with Crippen LogP contribution < -0.4 is 9.64 Å². The summed E-state index contributed by atoms with van der Waals surface area (Å²) in [6, 6.07) is 14.6. The molecule has 1 aliphatic rings. The number of halogens is 1. The fourth-order valence-electron chi connectivity index (χ4n) is 4.38. The average molecular weight is 489 g/mol. The van der Waals surface area contributed by atoms with Gasteiger partial charge in [0.25, 0.3) is 5.91 Å². The van der Waals surface area contributed by atoms with Crippen molar-refractivity contribution in [2.75, 3.05) is 12.0 Å². The zero-order chi connectivity index (χ0) is 24.9. The zero-order valence-corrected chi connectivity index (χ0v) is 20.0. The number of aromatic nitrogens is 1. The highest BCUT2D eigenvalue weighted by atomic mass is 35.5. The molecule has 2 aromatic heterocycles. The molecule has 0 saturated heterocycles. The van der Waals surface area contributed by atoms with E-state index in [9.17, 15) is 14.7 Å². The van der Waals surface area contributed by atoms with E-state index in [2.05, 4.69) is 4.98 Å². The Morgan fingerprint density at radius 3 is 2.66 bits per heavy atom. The Kier molecular flexibility index (Phi) is 5.57. The van der Waals surface area contributed by atoms with Crippen molar-refractivity contribution >= 4 is 39.9 Å². The predicted octanol–water partition coefficient (Wildman–Crippen LogP) is 5.89. The van der Waals surface area contributed by atoms with E-state index in [0.29, 0.717) is 33.1 Å². The lowest BCUT2D eigenvalue weighted by Crippen LogP contribution is -2.32. The normalized spacial score (nSPS) is 15.8. The summed E-state index contributed by atoms with van der Waals surface area (Å²) in [7, 11) is 1.47. The van der Waals surface area contributed by atoms with Crippen molar-refractivity contribution < 1.29 is 23.8 Å². The summed E-state index contributed by atoms with van der Waals surface area (Å²) < 4.78 is 11.2. The molecule has 1 N–H and O–H groups in total. The molecule has 5 rings (SSSR count). The fraction of sp³-hybridized carbons (Fsp3) is 0.148. The number of nitrogens with zero attached hydrogens (tertiary/aromatic N) is 2. The number of Topliss-reactive ketones (excluding diaryl/α,β-unsaturated/α-hetero) is 1. The number of hydrogen-bond donors (Lipinski definition) is 1. The number of rotatable bonds is 5. The molecule has 0 spiro atoms. The lowest BCUT2D eigenvalue weighted by atomic mass is 9.97. The van der Waals surface area contributed by atoms with Crippen LogP contribution in [0.1, 0.15) is 33.4 Å². The number of methoxy groups -OCH3 is 1. The molecular formula is C27H21ClN2O5. The number of carbonyl (C=O) groups excluding carboxylic acids is 2. The maximum absolute atomic E-state index is 13.8. The first-order valence-corrected chi connectivity index (χ1v) is 11.2. The van der Waals surface area contributed by atoms with Crippen LogP contribution in [0.3, 0.4) is 0 Å². The SMILES string of the molecule is COc1cc(Cl)cc2cc(C(=O)C3=C(O)C(=O)N(c4cccc(C)c4C)C3c3ccccn3)oc12. The van der Waals surface area contributed by atoms with E-state index in [1.54, 1.807) is 42.6 Å². The van der Waals surface area contributed by atoms with E-state index < -0.39 is 23.5 Å². The second-order valence-electron chi connectivity index (χ2n) is 8.28. The Bertz CT molecular complexity index is 1520. The van der Waals surface area contributed by atoms with Gasteiger partial charge < -0.3 is 14.3 Å². The van der Waals surface area contributed by atoms with Gasteiger partial charge in [-0.3, -0.25) is 19.5 Å². The number of hydrogen-bond acceptors (Lipinski definition) is 6. The van der Waals surface area contributed by atoms with Crippen LogP contribution in [-0.2, 0) is 4.79 Å². The van der Waals surface area contributed by atoms with Crippen molar-refractivity contribution in [1.82, 2.24) is 4.98 Å². The van der Waals surface area contributed by atoms with Crippen LogP contribution >= 0.6 is 11.6 Å². The highest BCUT2D eigenvalue weighted by molar-refractivity contribution is 6.31. The van der Waals surface area contributed by atoms with Crippen molar-refractivity contribution in [3.8, 4) is 5.75 Å². The van der Waals surface area contributed by atoms with E-state index >= 15 is 0 Å². The van der Waals surface area contributed by atoms with Crippen molar-refractivity contribution in [3.05, 3.63) is 99.7 Å². The topological polar surface area (TPSA) is 92.9 Å². The molecule has 0 aliphatic carbocycles. The maximum Gasteiger partial charge on any atom is 0.294 e. The third kappa shape index (κ3) is 3.65. The standard InChI is InChI=1S/C27H21ClN2O5/c1-14-7-6-9-19(15(14)2)30-23(18-8-4-5-10-29-18)22(25(32)27(30)33)24(31)20-12-16-11-17(28)13-21(34-3)26(16)35-20/h4-13,23,32H,1-3H3. The number of carbonyl (C=O) groups is 2. The first kappa shape index (κ1) is 22.7. The molecule has 2 aromatic carbocycles. The van der Waals surface area contributed by atoms with E-state index in [4.69, 9.17) is 20.8 Å². The minimum atomic E-state index is -0.949. The van der Waals surface area contributed by atoms with Crippen molar-refractivity contribution in [2.45, 2.75) is 19.9 Å². The number of ketones is 1. The van der Waals surface area contributed by atoms with Crippen LogP contribution in [0.4, 0.5) is 5.69 Å². The van der Waals surface area contributed by atoms with Crippen LogP contribution in [0.15, 0.2) is 76.5 Å². The van der Waals surface area contributed by atoms with Gasteiger partial charge in [0, 0.05) is 28.4 Å². The van der Waals surface area contributed by atoms with Gasteiger partial charge in [0.15, 0.2) is 22.9 Å². The molecule has 1 atom stereocenters. The Morgan fingerprint density at radius 1 is 1.14 bits per heavy atom. The van der Waals surface area contributed by atoms with Gasteiger partial charge in [-0.1, -0.05) is 29.8 Å². The van der Waals surface area contributed by atoms with Gasteiger partial charge in [0.2, 0.25) is 5.78 Å². The highest BCUT2D eigenvalue weighted by Gasteiger charge is 2.46. The molecule has 8 heteroatoms. The number of anilines is 1. The number of furan rings is 1. The third-order valence-electron chi connectivity index (χ3n) is 6.25. The minimum Gasteiger partial charge on any atom is -0.503 e. The first-order valence-electron chi connectivity index (χ1n) is 10.9. The highest BCUT2D eigenvalue weighted by Crippen LogP contribution is 2.43. The summed E-state index contributed by atoms with van der Waals surface area (Å²) in [6.07, 6.45) is 1.58. The van der Waals surface area contributed by atoms with E-state index in [1.165, 1.54) is 18.1 Å². The van der Waals surface area contributed by atoms with Crippen LogP contribution in [-0.4, -0.2) is 28.9 Å². The predicted molar refractivity (Wildman–Crippen MR) is 132 cm³/mol. The zero-order valence-electron chi connectivity index (χ0n) is 19.2. The maximum atomic E-state index is 13.8. The van der Waals surface area contributed by atoms with Gasteiger partial charge in [-0.15, -0.1) is 0 Å². The quantitative estimate of drug-likeness (QED) is 0.352. The molecule has 4 aromatic rings. The molecule has 7 nitrogen and oxygen atoms in total. The van der Waals surface area contributed by atoms with Crippen LogP contribution in [0, 0.1) is 13.8 Å². The summed E-state index contributed by atoms with van der Waals surface area (Å²) in [5.74, 6) is -1.65. The molecule has 35 heavy (non-hydrogen) atoms. The Hall–Kier alpha value is -4.10. The molecule has 1 amide bonds. The second kappa shape index (κ2) is 8.60. The number of aliphatic hydroxyl groups excluding tert-OH is 1. The van der Waals surface area contributed by atoms with Gasteiger partial charge >= 0.3 is 0 Å². The number of aryl methyl sites for hydroxylation is 1. The van der Waals surface area contributed by atoms with Crippen molar-refractivity contribution in [3.63, 3.8) is 0 Å². The first-order chi connectivity index (χ1) is 16.8. The number of amides is 1. The molecule has 0 bridgehead atoms. The number of aliphatic hydroxyl groups is 1. The van der Waals surface area contributed by atoms with Crippen molar-refractivity contribution in [1.29, 1.82) is 0 Å². The van der Waals surface area contributed by atoms with Crippen LogP contribution in [0.5, 0.6) is 5.75 Å². The lowest BCUT2D eigenvalue weighted by Gasteiger charge is -2.27. The molecule has 0 radical (unpaired) electrons. The smallest absolute Gasteiger partial charge is 0.294 e. The van der Waals surface area contributed by atoms with Gasteiger partial charge in [-0.25, -0.2) is 0 Å². The summed E-state index contributed by atoms with van der Waals surface area (Å²) >= 11 is 6.16. The Morgan fingerprint density at radius 2 is 1.94 bits per heavy atom. The summed E-state index contributed by atoms with van der Waals surface area (Å²) in [4.78, 5) is 33.0. The number of ether oxygens (including phenoxy) is 1. The fourth-order valence-corrected chi connectivity index (χ4v) is 4.60. The molecule has 3 heterocycles. The van der Waals surface area contributed by atoms with E-state index in [1.807, 2.05) is 26.0 Å². The molecule has 176 valence electrons. The monoisotopic (exact) mass is 488 g/mol. The number of fused-ring (bicyclic) bond motifs is 1. The van der Waals surface area contributed by atoms with E-state index in [-0.39, 0.29) is 11.3 Å². The largest absolute Gasteiger partial charge is 0.503 e. The minimum absolute atomic E-state index is 0.0568. The average Bonchev–Trinajstić information content (AvgIpc) is 3.39. The summed E-state index contributed by atoms with van der Waals surface area (Å²) in [5, 5.41) is 12.0. The summed E-state index contributed by atoms with van der Waals surface area (Å²) in [6.45, 7) is 3.82.